The number of hydrogen-bond acceptors (Lipinski definition) is 11. The maximum Gasteiger partial charge on any atom is 0.269 e. The third kappa shape index (κ3) is 3.54. The molecule has 0 saturated heterocycles. The first-order chi connectivity index (χ1) is 16.1. The van der Waals surface area contributed by atoms with E-state index in [1.807, 2.05) is 0 Å². The molecule has 3 N–H and O–H groups in total. The fraction of sp³-hybridized carbons (Fsp3) is 0.286. The number of ether oxygens (including phenoxy) is 4. The molecule has 3 aromatic rings. The van der Waals surface area contributed by atoms with Crippen molar-refractivity contribution in [2.24, 2.45) is 0 Å². The number of amides is 1. The number of benzene rings is 1. The zero-order chi connectivity index (χ0) is 22.4. The van der Waals surface area contributed by atoms with Crippen molar-refractivity contribution in [1.82, 2.24) is 19.9 Å². The Bertz CT molecular complexity index is 1250. The topological polar surface area (TPSA) is 142 Å². The Kier molecular flexibility index (Phi) is 4.31. The fourth-order valence-corrected chi connectivity index (χ4v) is 3.61. The van der Waals surface area contributed by atoms with Gasteiger partial charge in [-0.3, -0.25) is 4.79 Å². The van der Waals surface area contributed by atoms with Crippen LogP contribution >= 0.6 is 0 Å². The normalized spacial score (nSPS) is 16.8. The van der Waals surface area contributed by atoms with Gasteiger partial charge in [0.1, 0.15) is 25.4 Å². The Morgan fingerprint density at radius 2 is 1.85 bits per heavy atom. The summed E-state index contributed by atoms with van der Waals surface area (Å²) >= 11 is 0. The van der Waals surface area contributed by atoms with E-state index in [0.717, 1.165) is 0 Å². The molecule has 3 aliphatic rings. The maximum absolute atomic E-state index is 12.2. The maximum atomic E-state index is 12.2. The molecule has 12 nitrogen and oxygen atoms in total. The van der Waals surface area contributed by atoms with E-state index in [0.29, 0.717) is 72.3 Å². The van der Waals surface area contributed by atoms with Crippen molar-refractivity contribution in [1.29, 1.82) is 0 Å². The number of nitrogens with one attached hydrogen (secondary N) is 3. The first kappa shape index (κ1) is 19.3. The van der Waals surface area contributed by atoms with Gasteiger partial charge in [0.05, 0.1) is 7.11 Å². The SMILES string of the molecule is COc1cc(Nc2ncnc(Nc3ccc4c(n3)NC(=O)C3(CC3)O4)n2)cc2c1OCCO2. The Hall–Kier alpha value is -4.35. The number of aromatic nitrogens is 4. The van der Waals surface area contributed by atoms with Gasteiger partial charge in [-0.25, -0.2) is 15.0 Å². The van der Waals surface area contributed by atoms with Crippen molar-refractivity contribution in [3.05, 3.63) is 30.6 Å². The summed E-state index contributed by atoms with van der Waals surface area (Å²) in [6.45, 7) is 0.922. The number of methoxy groups -OCH3 is 1. The molecule has 4 heterocycles. The molecule has 1 aliphatic carbocycles. The molecule has 0 atom stereocenters. The molecule has 1 saturated carbocycles. The highest BCUT2D eigenvalue weighted by Crippen LogP contribution is 2.46. The van der Waals surface area contributed by atoms with Gasteiger partial charge in [0, 0.05) is 30.7 Å². The van der Waals surface area contributed by atoms with Crippen molar-refractivity contribution < 1.29 is 23.7 Å². The second-order valence-electron chi connectivity index (χ2n) is 7.68. The largest absolute Gasteiger partial charge is 0.493 e. The van der Waals surface area contributed by atoms with Gasteiger partial charge in [0.25, 0.3) is 5.91 Å². The van der Waals surface area contributed by atoms with Crippen molar-refractivity contribution in [3.8, 4) is 23.0 Å². The average Bonchev–Trinajstić information content (AvgIpc) is 3.60. The molecule has 6 rings (SSSR count). The lowest BCUT2D eigenvalue weighted by Crippen LogP contribution is -2.39. The summed E-state index contributed by atoms with van der Waals surface area (Å²) in [5.41, 5.74) is -0.0522. The predicted molar refractivity (Wildman–Crippen MR) is 116 cm³/mol. The lowest BCUT2D eigenvalue weighted by Gasteiger charge is -2.25. The zero-order valence-corrected chi connectivity index (χ0v) is 17.5. The molecular formula is C21H19N7O5. The number of fused-ring (bicyclic) bond motifs is 2. The molecule has 2 aliphatic heterocycles. The molecule has 0 bridgehead atoms. The van der Waals surface area contributed by atoms with Crippen LogP contribution in [0.5, 0.6) is 23.0 Å². The summed E-state index contributed by atoms with van der Waals surface area (Å²) in [6.07, 6.45) is 2.80. The van der Waals surface area contributed by atoms with E-state index in [4.69, 9.17) is 18.9 Å². The van der Waals surface area contributed by atoms with Crippen molar-refractivity contribution >= 4 is 35.1 Å². The predicted octanol–water partition coefficient (Wildman–Crippen LogP) is 2.40. The Balaban J connectivity index is 1.21. The second kappa shape index (κ2) is 7.36. The lowest BCUT2D eigenvalue weighted by atomic mass is 10.2. The number of rotatable bonds is 5. The summed E-state index contributed by atoms with van der Waals surface area (Å²) < 4.78 is 22.5. The molecule has 12 heteroatoms. The monoisotopic (exact) mass is 449 g/mol. The highest BCUT2D eigenvalue weighted by Gasteiger charge is 2.55. The highest BCUT2D eigenvalue weighted by atomic mass is 16.6. The van der Waals surface area contributed by atoms with E-state index >= 15 is 0 Å². The zero-order valence-electron chi connectivity index (χ0n) is 17.5. The molecular weight excluding hydrogens is 430 g/mol. The van der Waals surface area contributed by atoms with Crippen LogP contribution in [0.25, 0.3) is 0 Å². The van der Waals surface area contributed by atoms with Gasteiger partial charge in [-0.1, -0.05) is 0 Å². The van der Waals surface area contributed by atoms with Crippen molar-refractivity contribution in [3.63, 3.8) is 0 Å². The minimum atomic E-state index is -0.713. The van der Waals surface area contributed by atoms with E-state index in [9.17, 15) is 4.79 Å². The van der Waals surface area contributed by atoms with Gasteiger partial charge < -0.3 is 34.9 Å². The standard InChI is InChI=1S/C21H19N7O5/c1-30-13-8-11(9-14-16(13)32-7-6-31-14)24-19-22-10-23-20(28-19)26-15-3-2-12-17(25-15)27-18(29)21(33-12)4-5-21/h2-3,8-10H,4-7H2,1H3,(H3,22,23,24,25,26,27,28,29). The molecule has 1 amide bonds. The molecule has 1 fully saturated rings. The summed E-state index contributed by atoms with van der Waals surface area (Å²) in [5, 5.41) is 8.93. The number of nitrogens with zero attached hydrogens (tertiary/aromatic N) is 4. The number of carbonyl (C=O) groups is 1. The van der Waals surface area contributed by atoms with Gasteiger partial charge in [0.2, 0.25) is 17.6 Å². The van der Waals surface area contributed by atoms with Gasteiger partial charge in [0.15, 0.2) is 28.7 Å². The molecule has 1 aromatic carbocycles. The summed E-state index contributed by atoms with van der Waals surface area (Å²) in [5.74, 6) is 3.44. The minimum Gasteiger partial charge on any atom is -0.493 e. The number of anilines is 5. The van der Waals surface area contributed by atoms with Crippen LogP contribution in [-0.4, -0.2) is 51.8 Å². The lowest BCUT2D eigenvalue weighted by molar-refractivity contribution is -0.125. The smallest absolute Gasteiger partial charge is 0.269 e. The van der Waals surface area contributed by atoms with Gasteiger partial charge >= 0.3 is 0 Å². The first-order valence-corrected chi connectivity index (χ1v) is 10.3. The van der Waals surface area contributed by atoms with Gasteiger partial charge in [-0.15, -0.1) is 0 Å². The van der Waals surface area contributed by atoms with Crippen LogP contribution in [0.15, 0.2) is 30.6 Å². The van der Waals surface area contributed by atoms with Crippen LogP contribution in [0.4, 0.5) is 29.2 Å². The number of pyridine rings is 1. The Morgan fingerprint density at radius 1 is 1.03 bits per heavy atom. The second-order valence-corrected chi connectivity index (χ2v) is 7.68. The van der Waals surface area contributed by atoms with E-state index in [2.05, 4.69) is 35.9 Å². The van der Waals surface area contributed by atoms with E-state index < -0.39 is 5.60 Å². The van der Waals surface area contributed by atoms with E-state index in [-0.39, 0.29) is 11.9 Å². The fourth-order valence-electron chi connectivity index (χ4n) is 3.61. The van der Waals surface area contributed by atoms with Crippen LogP contribution in [-0.2, 0) is 4.79 Å². The van der Waals surface area contributed by atoms with Crippen LogP contribution < -0.4 is 34.9 Å². The third-order valence-electron chi connectivity index (χ3n) is 5.41. The minimum absolute atomic E-state index is 0.166. The summed E-state index contributed by atoms with van der Waals surface area (Å²) in [4.78, 5) is 29.3. The van der Waals surface area contributed by atoms with Crippen molar-refractivity contribution in [2.75, 3.05) is 36.3 Å². The average molecular weight is 449 g/mol. The van der Waals surface area contributed by atoms with Gasteiger partial charge in [-0.2, -0.15) is 4.98 Å². The van der Waals surface area contributed by atoms with Crippen LogP contribution in [0.1, 0.15) is 12.8 Å². The molecule has 168 valence electrons. The van der Waals surface area contributed by atoms with Gasteiger partial charge in [-0.05, 0) is 12.1 Å². The summed E-state index contributed by atoms with van der Waals surface area (Å²) in [7, 11) is 1.56. The molecule has 33 heavy (non-hydrogen) atoms. The summed E-state index contributed by atoms with van der Waals surface area (Å²) in [6, 6.07) is 7.04. The number of carbonyl (C=O) groups excluding carboxylic acids is 1. The molecule has 0 unspecified atom stereocenters. The Morgan fingerprint density at radius 3 is 2.67 bits per heavy atom. The highest BCUT2D eigenvalue weighted by molar-refractivity contribution is 6.02. The van der Waals surface area contributed by atoms with Crippen LogP contribution in [0, 0.1) is 0 Å². The van der Waals surface area contributed by atoms with Crippen LogP contribution in [0.3, 0.4) is 0 Å². The van der Waals surface area contributed by atoms with E-state index in [1.54, 1.807) is 31.4 Å². The Labute approximate surface area is 187 Å². The van der Waals surface area contributed by atoms with Crippen LogP contribution in [0.2, 0.25) is 0 Å². The quantitative estimate of drug-likeness (QED) is 0.528. The van der Waals surface area contributed by atoms with E-state index in [1.165, 1.54) is 6.33 Å². The first-order valence-electron chi connectivity index (χ1n) is 10.3. The van der Waals surface area contributed by atoms with Crippen molar-refractivity contribution in [2.45, 2.75) is 18.4 Å². The molecule has 0 radical (unpaired) electrons. The molecule has 2 aromatic heterocycles. The third-order valence-corrected chi connectivity index (χ3v) is 5.41. The number of hydrogen-bond donors (Lipinski definition) is 3. The molecule has 1 spiro atoms.